The van der Waals surface area contributed by atoms with Crippen LogP contribution in [-0.2, 0) is 0 Å². The van der Waals surface area contributed by atoms with Crippen molar-refractivity contribution in [1.29, 1.82) is 0 Å². The normalized spacial score (nSPS) is 12.3. The molecule has 0 unspecified atom stereocenters. The van der Waals surface area contributed by atoms with Crippen LogP contribution in [0.2, 0.25) is 0 Å². The first-order chi connectivity index (χ1) is 15.8. The van der Waals surface area contributed by atoms with E-state index in [-0.39, 0.29) is 0 Å². The van der Waals surface area contributed by atoms with E-state index in [1.54, 1.807) is 30.4 Å². The number of urea groups is 1. The van der Waals surface area contributed by atoms with Crippen LogP contribution in [0.1, 0.15) is 0 Å². The number of amides is 2. The summed E-state index contributed by atoms with van der Waals surface area (Å²) in [5.74, 6) is 0. The first kappa shape index (κ1) is 20.2. The van der Waals surface area contributed by atoms with Crippen molar-refractivity contribution in [2.75, 3.05) is 16.8 Å². The van der Waals surface area contributed by atoms with E-state index in [1.807, 2.05) is 41.8 Å². The van der Waals surface area contributed by atoms with Gasteiger partial charge in [0, 0.05) is 39.3 Å². The number of nitrogens with one attached hydrogen (secondary N) is 2. The van der Waals surface area contributed by atoms with E-state index in [0.717, 1.165) is 22.6 Å². The number of carbonyl (C=O) groups excluding carboxylic acids is 1. The fraction of sp³-hybridized carbons (Fsp3) is 0.0435. The smallest absolute Gasteiger partial charge is 0.334 e. The van der Waals surface area contributed by atoms with E-state index < -0.39 is 6.03 Å². The van der Waals surface area contributed by atoms with Crippen LogP contribution < -0.4 is 15.6 Å². The highest BCUT2D eigenvalue weighted by atomic mass is 32.2. The molecule has 0 spiro atoms. The maximum Gasteiger partial charge on any atom is 0.341 e. The summed E-state index contributed by atoms with van der Waals surface area (Å²) in [5, 5.41) is 9.18. The van der Waals surface area contributed by atoms with E-state index in [4.69, 9.17) is 0 Å². The molecule has 32 heavy (non-hydrogen) atoms. The van der Waals surface area contributed by atoms with Crippen LogP contribution in [0.25, 0.3) is 11.3 Å². The van der Waals surface area contributed by atoms with Crippen molar-refractivity contribution in [1.82, 2.24) is 15.4 Å². The van der Waals surface area contributed by atoms with Gasteiger partial charge in [0.15, 0.2) is 5.13 Å². The fourth-order valence-electron chi connectivity index (χ4n) is 3.31. The van der Waals surface area contributed by atoms with Crippen molar-refractivity contribution in [2.24, 2.45) is 5.10 Å². The van der Waals surface area contributed by atoms with E-state index in [0.29, 0.717) is 11.7 Å². The van der Waals surface area contributed by atoms with Crippen molar-refractivity contribution < 1.29 is 4.79 Å². The number of hydrogen-bond acceptors (Lipinski definition) is 7. The van der Waals surface area contributed by atoms with Gasteiger partial charge in [-0.15, -0.1) is 11.3 Å². The topological polar surface area (TPSA) is 82.5 Å². The first-order valence-electron chi connectivity index (χ1n) is 9.86. The lowest BCUT2D eigenvalue weighted by molar-refractivity contribution is 0.252. The molecule has 1 aliphatic rings. The lowest BCUT2D eigenvalue weighted by Gasteiger charge is -2.31. The molecule has 7 nitrogen and oxygen atoms in total. The number of thiazole rings is 1. The van der Waals surface area contributed by atoms with Crippen LogP contribution in [-0.4, -0.2) is 28.8 Å². The van der Waals surface area contributed by atoms with Crippen molar-refractivity contribution >= 4 is 51.9 Å². The van der Waals surface area contributed by atoms with Gasteiger partial charge in [-0.2, -0.15) is 5.10 Å². The quantitative estimate of drug-likeness (QED) is 0.300. The predicted octanol–water partition coefficient (Wildman–Crippen LogP) is 5.62. The van der Waals surface area contributed by atoms with Gasteiger partial charge in [0.25, 0.3) is 0 Å². The number of benzene rings is 2. The molecule has 2 amide bonds. The molecule has 2 aromatic heterocycles. The van der Waals surface area contributed by atoms with Crippen molar-refractivity contribution in [3.63, 3.8) is 0 Å². The molecular formula is C23H18N6OS2. The minimum absolute atomic E-state index is 0.441. The molecule has 2 aromatic carbocycles. The van der Waals surface area contributed by atoms with Crippen LogP contribution in [0.3, 0.4) is 0 Å². The first-order valence-corrected chi connectivity index (χ1v) is 11.6. The summed E-state index contributed by atoms with van der Waals surface area (Å²) in [6.07, 6.45) is 5.13. The lowest BCUT2D eigenvalue weighted by atomic mass is 10.2. The molecule has 0 bridgehead atoms. The van der Waals surface area contributed by atoms with Crippen LogP contribution in [0.15, 0.2) is 93.3 Å². The number of carbonyl (C=O) groups is 1. The van der Waals surface area contributed by atoms with Crippen LogP contribution in [0.5, 0.6) is 0 Å². The molecule has 0 fully saturated rings. The van der Waals surface area contributed by atoms with E-state index >= 15 is 0 Å². The Labute approximate surface area is 193 Å². The number of aromatic nitrogens is 2. The molecule has 0 saturated carbocycles. The van der Waals surface area contributed by atoms with E-state index in [2.05, 4.69) is 55.0 Å². The largest absolute Gasteiger partial charge is 0.341 e. The van der Waals surface area contributed by atoms with Crippen molar-refractivity contribution in [3.05, 3.63) is 78.4 Å². The maximum absolute atomic E-state index is 12.2. The highest BCUT2D eigenvalue weighted by molar-refractivity contribution is 7.99. The SMILES string of the molecule is O=C(N/N=C/CN1c2ccccc2Sc2ccccc21)Nc1nc(-c2cccnc2)cs1. The molecule has 0 atom stereocenters. The maximum atomic E-state index is 12.2. The third-order valence-corrected chi connectivity index (χ3v) is 6.62. The Balaban J connectivity index is 1.21. The van der Waals surface area contributed by atoms with Gasteiger partial charge in [-0.1, -0.05) is 36.0 Å². The molecule has 0 saturated heterocycles. The zero-order valence-electron chi connectivity index (χ0n) is 16.8. The Morgan fingerprint density at radius 1 is 1.03 bits per heavy atom. The second-order valence-corrected chi connectivity index (χ2v) is 8.75. The number of pyridine rings is 1. The Bertz CT molecular complexity index is 1230. The number of para-hydroxylation sites is 2. The second kappa shape index (κ2) is 9.21. The zero-order valence-corrected chi connectivity index (χ0v) is 18.4. The molecule has 2 N–H and O–H groups in total. The summed E-state index contributed by atoms with van der Waals surface area (Å²) in [6.45, 7) is 0.525. The molecule has 0 radical (unpaired) electrons. The Morgan fingerprint density at radius 3 is 2.50 bits per heavy atom. The minimum Gasteiger partial charge on any atom is -0.334 e. The standard InChI is InChI=1S/C23H18N6OS2/c30-22(27-23-26-17(15-31-23)16-6-5-11-24-14-16)28-25-12-13-29-18-7-1-3-9-20(18)32-21-10-4-2-8-19(21)29/h1-12,14-15H,13H2,(H2,26,27,28,30)/b25-12+. The number of anilines is 3. The molecule has 4 aromatic rings. The second-order valence-electron chi connectivity index (χ2n) is 6.81. The Hall–Kier alpha value is -3.69. The van der Waals surface area contributed by atoms with Gasteiger partial charge in [-0.25, -0.2) is 15.2 Å². The third-order valence-electron chi connectivity index (χ3n) is 4.74. The predicted molar refractivity (Wildman–Crippen MR) is 130 cm³/mol. The molecule has 5 rings (SSSR count). The van der Waals surface area contributed by atoms with Crippen LogP contribution >= 0.6 is 23.1 Å². The van der Waals surface area contributed by atoms with Gasteiger partial charge in [0.2, 0.25) is 0 Å². The number of hydrogen-bond donors (Lipinski definition) is 2. The number of nitrogens with zero attached hydrogens (tertiary/aromatic N) is 4. The molecule has 158 valence electrons. The highest BCUT2D eigenvalue weighted by Gasteiger charge is 2.21. The number of rotatable bonds is 5. The molecule has 1 aliphatic heterocycles. The van der Waals surface area contributed by atoms with Crippen LogP contribution in [0, 0.1) is 0 Å². The van der Waals surface area contributed by atoms with Crippen molar-refractivity contribution in [2.45, 2.75) is 9.79 Å². The minimum atomic E-state index is -0.441. The summed E-state index contributed by atoms with van der Waals surface area (Å²) in [6, 6.07) is 19.9. The average molecular weight is 459 g/mol. The molecule has 0 aliphatic carbocycles. The molecular weight excluding hydrogens is 440 g/mol. The lowest BCUT2D eigenvalue weighted by Crippen LogP contribution is -2.26. The molecule has 9 heteroatoms. The van der Waals surface area contributed by atoms with Gasteiger partial charge < -0.3 is 4.90 Å². The summed E-state index contributed by atoms with van der Waals surface area (Å²) < 4.78 is 0. The van der Waals surface area contributed by atoms with Gasteiger partial charge in [0.05, 0.1) is 23.6 Å². The van der Waals surface area contributed by atoms with Gasteiger partial charge in [-0.3, -0.25) is 10.3 Å². The van der Waals surface area contributed by atoms with E-state index in [9.17, 15) is 4.79 Å². The molecule has 3 heterocycles. The van der Waals surface area contributed by atoms with Gasteiger partial charge in [0.1, 0.15) is 0 Å². The van der Waals surface area contributed by atoms with E-state index in [1.165, 1.54) is 21.1 Å². The van der Waals surface area contributed by atoms with Crippen molar-refractivity contribution in [3.8, 4) is 11.3 Å². The Morgan fingerprint density at radius 2 is 1.78 bits per heavy atom. The summed E-state index contributed by atoms with van der Waals surface area (Å²) in [5.41, 5.74) is 6.42. The fourth-order valence-corrected chi connectivity index (χ4v) is 5.12. The van der Waals surface area contributed by atoms with Gasteiger partial charge in [-0.05, 0) is 36.4 Å². The van der Waals surface area contributed by atoms with Crippen LogP contribution in [0.4, 0.5) is 21.3 Å². The third kappa shape index (κ3) is 4.34. The summed E-state index contributed by atoms with van der Waals surface area (Å²) in [7, 11) is 0. The average Bonchev–Trinajstić information content (AvgIpc) is 3.30. The zero-order chi connectivity index (χ0) is 21.8. The number of hydrazone groups is 1. The van der Waals surface area contributed by atoms with Gasteiger partial charge >= 0.3 is 6.03 Å². The Kier molecular flexibility index (Phi) is 5.82. The monoisotopic (exact) mass is 458 g/mol. The highest BCUT2D eigenvalue weighted by Crippen LogP contribution is 2.47. The number of fused-ring (bicyclic) bond motifs is 2. The summed E-state index contributed by atoms with van der Waals surface area (Å²) in [4.78, 5) is 25.3. The summed E-state index contributed by atoms with van der Waals surface area (Å²) >= 11 is 3.10.